The third-order valence-electron chi connectivity index (χ3n) is 2.27. The second-order valence-corrected chi connectivity index (χ2v) is 3.38. The molecule has 0 amide bonds. The largest absolute Gasteiger partial charge is 0.220 e. The Kier molecular flexibility index (Phi) is 2.49. The van der Waals surface area contributed by atoms with Gasteiger partial charge >= 0.3 is 0 Å². The molecule has 1 aromatic carbocycles. The average Bonchev–Trinajstić information content (AvgIpc) is 2.64. The molecule has 0 aliphatic rings. The molecule has 2 rings (SSSR count). The average molecular weight is 205 g/mol. The molecular formula is C11H12FN3. The molecule has 0 saturated carbocycles. The molecule has 0 aliphatic heterocycles. The highest BCUT2D eigenvalue weighted by molar-refractivity contribution is 5.35. The smallest absolute Gasteiger partial charge is 0.149 e. The van der Waals surface area contributed by atoms with Gasteiger partial charge in [0.25, 0.3) is 0 Å². The van der Waals surface area contributed by atoms with Gasteiger partial charge in [-0.2, -0.15) is 5.10 Å². The first-order valence-corrected chi connectivity index (χ1v) is 4.87. The van der Waals surface area contributed by atoms with Crippen LogP contribution in [0.2, 0.25) is 0 Å². The fourth-order valence-corrected chi connectivity index (χ4v) is 1.42. The Bertz CT molecular complexity index is 476. The number of aryl methyl sites for hydroxylation is 2. The third kappa shape index (κ3) is 1.88. The van der Waals surface area contributed by atoms with Crippen LogP contribution in [0.4, 0.5) is 4.39 Å². The fraction of sp³-hybridized carbons (Fsp3) is 0.273. The summed E-state index contributed by atoms with van der Waals surface area (Å²) in [7, 11) is 0. The number of nitrogens with zero attached hydrogens (tertiary/aromatic N) is 3. The fourth-order valence-electron chi connectivity index (χ4n) is 1.42. The molecule has 0 saturated heterocycles. The van der Waals surface area contributed by atoms with E-state index in [-0.39, 0.29) is 5.82 Å². The van der Waals surface area contributed by atoms with Gasteiger partial charge in [-0.25, -0.2) is 14.1 Å². The topological polar surface area (TPSA) is 30.7 Å². The summed E-state index contributed by atoms with van der Waals surface area (Å²) < 4.78 is 15.1. The van der Waals surface area contributed by atoms with Crippen molar-refractivity contribution in [2.75, 3.05) is 0 Å². The van der Waals surface area contributed by atoms with E-state index in [2.05, 4.69) is 10.1 Å². The van der Waals surface area contributed by atoms with Crippen molar-refractivity contribution in [3.05, 3.63) is 41.7 Å². The first-order chi connectivity index (χ1) is 7.20. The molecule has 0 atom stereocenters. The molecule has 3 nitrogen and oxygen atoms in total. The van der Waals surface area contributed by atoms with Gasteiger partial charge in [0.1, 0.15) is 23.7 Å². The van der Waals surface area contributed by atoms with Crippen LogP contribution >= 0.6 is 0 Å². The second kappa shape index (κ2) is 3.81. The van der Waals surface area contributed by atoms with Crippen molar-refractivity contribution in [3.63, 3.8) is 0 Å². The third-order valence-corrected chi connectivity index (χ3v) is 2.27. The van der Waals surface area contributed by atoms with E-state index >= 15 is 0 Å². The molecule has 4 heteroatoms. The Morgan fingerprint density at radius 1 is 1.40 bits per heavy atom. The maximum absolute atomic E-state index is 13.6. The molecular weight excluding hydrogens is 193 g/mol. The zero-order valence-corrected chi connectivity index (χ0v) is 8.74. The van der Waals surface area contributed by atoms with Crippen LogP contribution in [0.3, 0.4) is 0 Å². The van der Waals surface area contributed by atoms with Crippen molar-refractivity contribution >= 4 is 0 Å². The molecule has 0 bridgehead atoms. The van der Waals surface area contributed by atoms with Gasteiger partial charge in [0.2, 0.25) is 0 Å². The van der Waals surface area contributed by atoms with E-state index in [1.807, 2.05) is 13.0 Å². The summed E-state index contributed by atoms with van der Waals surface area (Å²) in [5, 5.41) is 4.06. The van der Waals surface area contributed by atoms with E-state index in [1.165, 1.54) is 17.1 Å². The molecule has 0 N–H and O–H groups in total. The summed E-state index contributed by atoms with van der Waals surface area (Å²) >= 11 is 0. The Balaban J connectivity index is 2.45. The molecule has 0 radical (unpaired) electrons. The van der Waals surface area contributed by atoms with Crippen molar-refractivity contribution in [2.45, 2.75) is 20.3 Å². The van der Waals surface area contributed by atoms with Crippen LogP contribution in [0.25, 0.3) is 5.69 Å². The SMILES string of the molecule is CCc1ccc(-n2cnc(C)n2)c(F)c1. The number of rotatable bonds is 2. The van der Waals surface area contributed by atoms with Crippen LogP contribution in [-0.4, -0.2) is 14.8 Å². The Morgan fingerprint density at radius 3 is 2.73 bits per heavy atom. The minimum Gasteiger partial charge on any atom is -0.220 e. The monoisotopic (exact) mass is 205 g/mol. The minimum atomic E-state index is -0.265. The molecule has 1 aromatic heterocycles. The molecule has 0 unspecified atom stereocenters. The molecule has 15 heavy (non-hydrogen) atoms. The van der Waals surface area contributed by atoms with E-state index < -0.39 is 0 Å². The van der Waals surface area contributed by atoms with Gasteiger partial charge in [0, 0.05) is 0 Å². The zero-order chi connectivity index (χ0) is 10.8. The minimum absolute atomic E-state index is 0.265. The predicted octanol–water partition coefficient (Wildman–Crippen LogP) is 2.28. The van der Waals surface area contributed by atoms with Crippen molar-refractivity contribution in [3.8, 4) is 5.69 Å². The highest BCUT2D eigenvalue weighted by atomic mass is 19.1. The van der Waals surface area contributed by atoms with E-state index in [4.69, 9.17) is 0 Å². The summed E-state index contributed by atoms with van der Waals surface area (Å²) in [5.41, 5.74) is 1.42. The van der Waals surface area contributed by atoms with Gasteiger partial charge in [-0.15, -0.1) is 0 Å². The van der Waals surface area contributed by atoms with Crippen LogP contribution in [0, 0.1) is 12.7 Å². The first kappa shape index (κ1) is 9.83. The lowest BCUT2D eigenvalue weighted by Crippen LogP contribution is -1.99. The van der Waals surface area contributed by atoms with Crippen molar-refractivity contribution in [2.24, 2.45) is 0 Å². The lowest BCUT2D eigenvalue weighted by Gasteiger charge is -2.03. The lowest BCUT2D eigenvalue weighted by atomic mass is 10.1. The Hall–Kier alpha value is -1.71. The van der Waals surface area contributed by atoms with Crippen molar-refractivity contribution in [1.82, 2.24) is 14.8 Å². The quantitative estimate of drug-likeness (QED) is 0.753. The van der Waals surface area contributed by atoms with Gasteiger partial charge in [-0.3, -0.25) is 0 Å². The number of benzene rings is 1. The van der Waals surface area contributed by atoms with Crippen LogP contribution < -0.4 is 0 Å². The molecule has 0 aliphatic carbocycles. The van der Waals surface area contributed by atoms with Crippen LogP contribution in [0.5, 0.6) is 0 Å². The number of hydrogen-bond acceptors (Lipinski definition) is 2. The summed E-state index contributed by atoms with van der Waals surface area (Å²) in [6, 6.07) is 5.16. The van der Waals surface area contributed by atoms with E-state index in [0.29, 0.717) is 11.5 Å². The molecule has 2 aromatic rings. The van der Waals surface area contributed by atoms with E-state index in [1.54, 1.807) is 13.0 Å². The summed E-state index contributed by atoms with van der Waals surface area (Å²) in [5.74, 6) is 0.369. The zero-order valence-electron chi connectivity index (χ0n) is 8.74. The van der Waals surface area contributed by atoms with E-state index in [0.717, 1.165) is 12.0 Å². The van der Waals surface area contributed by atoms with Crippen LogP contribution in [0.1, 0.15) is 18.3 Å². The highest BCUT2D eigenvalue weighted by Gasteiger charge is 2.06. The van der Waals surface area contributed by atoms with Gasteiger partial charge in [-0.1, -0.05) is 13.0 Å². The molecule has 0 spiro atoms. The summed E-state index contributed by atoms with van der Waals surface area (Å²) in [6.45, 7) is 3.77. The number of hydrogen-bond donors (Lipinski definition) is 0. The summed E-state index contributed by atoms with van der Waals surface area (Å²) in [6.07, 6.45) is 2.34. The van der Waals surface area contributed by atoms with Gasteiger partial charge in [0.15, 0.2) is 0 Å². The highest BCUT2D eigenvalue weighted by Crippen LogP contribution is 2.14. The second-order valence-electron chi connectivity index (χ2n) is 3.38. The van der Waals surface area contributed by atoms with Crippen LogP contribution in [-0.2, 0) is 6.42 Å². The van der Waals surface area contributed by atoms with Crippen molar-refractivity contribution < 1.29 is 4.39 Å². The van der Waals surface area contributed by atoms with Gasteiger partial charge in [-0.05, 0) is 31.0 Å². The first-order valence-electron chi connectivity index (χ1n) is 4.87. The van der Waals surface area contributed by atoms with Crippen molar-refractivity contribution in [1.29, 1.82) is 0 Å². The Labute approximate surface area is 87.6 Å². The number of aromatic nitrogens is 3. The van der Waals surface area contributed by atoms with E-state index in [9.17, 15) is 4.39 Å². The number of halogens is 1. The lowest BCUT2D eigenvalue weighted by molar-refractivity contribution is 0.608. The standard InChI is InChI=1S/C11H12FN3/c1-3-9-4-5-11(10(12)6-9)15-7-13-8(2)14-15/h4-7H,3H2,1-2H3. The van der Waals surface area contributed by atoms with Crippen LogP contribution in [0.15, 0.2) is 24.5 Å². The molecule has 0 fully saturated rings. The maximum Gasteiger partial charge on any atom is 0.149 e. The maximum atomic E-state index is 13.6. The normalized spacial score (nSPS) is 10.6. The molecule has 78 valence electrons. The van der Waals surface area contributed by atoms with Gasteiger partial charge in [0.05, 0.1) is 0 Å². The Morgan fingerprint density at radius 2 is 2.20 bits per heavy atom. The summed E-state index contributed by atoms with van der Waals surface area (Å²) in [4.78, 5) is 3.96. The van der Waals surface area contributed by atoms with Gasteiger partial charge < -0.3 is 0 Å². The predicted molar refractivity (Wildman–Crippen MR) is 55.4 cm³/mol. The molecule has 1 heterocycles.